The van der Waals surface area contributed by atoms with Crippen molar-refractivity contribution in [2.24, 2.45) is 5.16 Å². The van der Waals surface area contributed by atoms with Crippen molar-refractivity contribution < 1.29 is 19.8 Å². The molecule has 2 rings (SSSR count). The van der Waals surface area contributed by atoms with Crippen molar-refractivity contribution in [2.45, 2.75) is 0 Å². The summed E-state index contributed by atoms with van der Waals surface area (Å²) in [6, 6.07) is 7.35. The summed E-state index contributed by atoms with van der Waals surface area (Å²) >= 11 is 0. The third kappa shape index (κ3) is 3.27. The van der Waals surface area contributed by atoms with Gasteiger partial charge in [0.15, 0.2) is 5.71 Å². The summed E-state index contributed by atoms with van der Waals surface area (Å²) in [5.74, 6) is 0.686. The second kappa shape index (κ2) is 6.62. The molecule has 0 saturated carbocycles. The number of hydrogen-bond acceptors (Lipinski definition) is 6. The molecule has 1 aliphatic rings. The molecule has 0 saturated heterocycles. The maximum atomic E-state index is 7.62. The van der Waals surface area contributed by atoms with E-state index in [1.54, 1.807) is 6.07 Å². The van der Waals surface area contributed by atoms with E-state index in [0.717, 1.165) is 5.56 Å². The van der Waals surface area contributed by atoms with Gasteiger partial charge in [0.1, 0.15) is 12.9 Å². The van der Waals surface area contributed by atoms with Crippen LogP contribution in [-0.4, -0.2) is 42.1 Å². The number of nitrogens with one attached hydrogen (secondary N) is 1. The Morgan fingerprint density at radius 2 is 1.94 bits per heavy atom. The van der Waals surface area contributed by atoms with Crippen LogP contribution in [0.15, 0.2) is 29.4 Å². The number of fused-ring (bicyclic) bond motifs is 1. The third-order valence-corrected chi connectivity index (χ3v) is 1.85. The van der Waals surface area contributed by atoms with Gasteiger partial charge in [0, 0.05) is 0 Å². The molecule has 17 heavy (non-hydrogen) atoms. The molecule has 0 amide bonds. The minimum Gasteiger partial charge on any atom is -0.437 e. The summed E-state index contributed by atoms with van der Waals surface area (Å²) in [7, 11) is 1.45. The molecule has 92 valence electrons. The van der Waals surface area contributed by atoms with Gasteiger partial charge in [-0.3, -0.25) is 5.41 Å². The molecule has 1 heterocycles. The average Bonchev–Trinajstić information content (AvgIpc) is 2.67. The fraction of sp³-hybridized carbons (Fsp3) is 0.273. The van der Waals surface area contributed by atoms with E-state index in [1.807, 2.05) is 18.2 Å². The van der Waals surface area contributed by atoms with Crippen LogP contribution in [-0.2, 0) is 4.84 Å². The zero-order valence-electron chi connectivity index (χ0n) is 9.38. The molecule has 6 heteroatoms. The average molecular weight is 238 g/mol. The van der Waals surface area contributed by atoms with Crippen LogP contribution >= 0.6 is 0 Å². The van der Waals surface area contributed by atoms with Gasteiger partial charge >= 0.3 is 0 Å². The van der Waals surface area contributed by atoms with Crippen LogP contribution in [0, 0.1) is 5.41 Å². The van der Waals surface area contributed by atoms with Crippen molar-refractivity contribution in [1.82, 2.24) is 0 Å². The molecule has 3 N–H and O–H groups in total. The molecule has 0 unspecified atom stereocenters. The summed E-state index contributed by atoms with van der Waals surface area (Å²) in [6.07, 6.45) is 0. The summed E-state index contributed by atoms with van der Waals surface area (Å²) in [6.45, 7) is -0.250. The molecule has 0 radical (unpaired) electrons. The van der Waals surface area contributed by atoms with Crippen LogP contribution < -0.4 is 4.74 Å². The highest BCUT2D eigenvalue weighted by atomic mass is 16.6. The molecule has 0 spiro atoms. The van der Waals surface area contributed by atoms with E-state index in [0.29, 0.717) is 11.5 Å². The molecule has 1 aliphatic heterocycles. The first-order valence-corrected chi connectivity index (χ1v) is 4.93. The smallest absolute Gasteiger partial charge is 0.242 e. The molecule has 0 atom stereocenters. The van der Waals surface area contributed by atoms with E-state index in [4.69, 9.17) is 20.4 Å². The lowest BCUT2D eigenvalue weighted by atomic mass is 10.1. The Balaban J connectivity index is 0.000000317. The van der Waals surface area contributed by atoms with Crippen molar-refractivity contribution in [2.75, 3.05) is 20.3 Å². The monoisotopic (exact) mass is 238 g/mol. The minimum atomic E-state index is -0.125. The fourth-order valence-electron chi connectivity index (χ4n) is 1.21. The Morgan fingerprint density at radius 3 is 2.53 bits per heavy atom. The van der Waals surface area contributed by atoms with E-state index >= 15 is 0 Å². The minimum absolute atomic E-state index is 0.0306. The number of oxime groups is 1. The molecular formula is C11H14N2O4. The number of para-hydroxylation sites is 1. The first-order valence-electron chi connectivity index (χ1n) is 4.93. The van der Waals surface area contributed by atoms with Crippen LogP contribution in [0.5, 0.6) is 5.75 Å². The Hall–Kier alpha value is -1.92. The van der Waals surface area contributed by atoms with E-state index < -0.39 is 0 Å². The van der Waals surface area contributed by atoms with Crippen molar-refractivity contribution in [3.05, 3.63) is 29.8 Å². The van der Waals surface area contributed by atoms with Gasteiger partial charge in [-0.25, -0.2) is 0 Å². The van der Waals surface area contributed by atoms with Gasteiger partial charge in [-0.1, -0.05) is 17.3 Å². The summed E-state index contributed by atoms with van der Waals surface area (Å²) < 4.78 is 5.14. The highest BCUT2D eigenvalue weighted by molar-refractivity contribution is 6.47. The van der Waals surface area contributed by atoms with Crippen molar-refractivity contribution in [3.63, 3.8) is 0 Å². The first kappa shape index (κ1) is 13.1. The zero-order chi connectivity index (χ0) is 12.7. The largest absolute Gasteiger partial charge is 0.437 e. The number of rotatable bonds is 2. The van der Waals surface area contributed by atoms with Gasteiger partial charge in [-0.05, 0) is 12.1 Å². The Bertz CT molecular complexity index is 416. The van der Waals surface area contributed by atoms with Gasteiger partial charge in [0.25, 0.3) is 0 Å². The van der Waals surface area contributed by atoms with Gasteiger partial charge in [-0.15, -0.1) is 0 Å². The first-order chi connectivity index (χ1) is 8.24. The summed E-state index contributed by atoms with van der Waals surface area (Å²) in [4.78, 5) is 4.62. The molecule has 0 fully saturated rings. The Labute approximate surface area is 98.6 Å². The number of nitrogens with zero attached hydrogens (tertiary/aromatic N) is 1. The zero-order valence-corrected chi connectivity index (χ0v) is 9.38. The van der Waals surface area contributed by atoms with Crippen molar-refractivity contribution in [1.29, 1.82) is 5.41 Å². The molecular weight excluding hydrogens is 224 g/mol. The molecule has 0 aromatic heterocycles. The van der Waals surface area contributed by atoms with Crippen LogP contribution in [0.1, 0.15) is 5.56 Å². The van der Waals surface area contributed by atoms with E-state index in [1.165, 1.54) is 7.11 Å². The normalized spacial score (nSPS) is 14.8. The lowest BCUT2D eigenvalue weighted by Gasteiger charge is -1.92. The van der Waals surface area contributed by atoms with Gasteiger partial charge in [0.2, 0.25) is 5.90 Å². The van der Waals surface area contributed by atoms with E-state index in [-0.39, 0.29) is 19.1 Å². The second-order valence-electron chi connectivity index (χ2n) is 3.00. The van der Waals surface area contributed by atoms with Crippen LogP contribution in [0.3, 0.4) is 0 Å². The van der Waals surface area contributed by atoms with Gasteiger partial charge in [-0.2, -0.15) is 0 Å². The maximum absolute atomic E-state index is 7.62. The van der Waals surface area contributed by atoms with E-state index in [2.05, 4.69) is 9.99 Å². The second-order valence-corrected chi connectivity index (χ2v) is 3.00. The highest BCUT2D eigenvalue weighted by Crippen LogP contribution is 2.25. The van der Waals surface area contributed by atoms with Crippen molar-refractivity contribution >= 4 is 11.6 Å². The Kier molecular flexibility index (Phi) is 5.12. The third-order valence-electron chi connectivity index (χ3n) is 1.85. The molecule has 0 aliphatic carbocycles. The van der Waals surface area contributed by atoms with Crippen LogP contribution in [0.25, 0.3) is 0 Å². The number of benzene rings is 1. The predicted octanol–water partition coefficient (Wildman–Crippen LogP) is 0.378. The van der Waals surface area contributed by atoms with Gasteiger partial charge in [0.05, 0.1) is 18.8 Å². The van der Waals surface area contributed by atoms with Crippen LogP contribution in [0.2, 0.25) is 0 Å². The van der Waals surface area contributed by atoms with E-state index in [9.17, 15) is 0 Å². The highest BCUT2D eigenvalue weighted by Gasteiger charge is 2.25. The van der Waals surface area contributed by atoms with Crippen LogP contribution in [0.4, 0.5) is 0 Å². The number of aliphatic hydroxyl groups excluding tert-OH is 2. The topological polar surface area (TPSA) is 95.1 Å². The lowest BCUT2D eigenvalue weighted by Crippen LogP contribution is -2.11. The van der Waals surface area contributed by atoms with Gasteiger partial charge < -0.3 is 19.8 Å². The number of ether oxygens (including phenoxy) is 1. The predicted molar refractivity (Wildman–Crippen MR) is 62.5 cm³/mol. The Morgan fingerprint density at radius 1 is 1.29 bits per heavy atom. The SMILES string of the molecule is CO/N=C1/C(=N)Oc2ccccc21.OCCO. The molecule has 1 aromatic carbocycles. The van der Waals surface area contributed by atoms with Crippen molar-refractivity contribution in [3.8, 4) is 5.75 Å². The number of aliphatic hydroxyl groups is 2. The maximum Gasteiger partial charge on any atom is 0.242 e. The standard InChI is InChI=1S/C9H8N2O2.C2H6O2/c1-12-11-8-6-4-2-3-5-7(6)13-9(8)10;3-1-2-4/h2-5,10H,1H3;3-4H,1-2H2/b10-9?,11-8+;. The fourth-order valence-corrected chi connectivity index (χ4v) is 1.21. The molecule has 0 bridgehead atoms. The molecule has 1 aromatic rings. The molecule has 6 nitrogen and oxygen atoms in total. The summed E-state index contributed by atoms with van der Waals surface area (Å²) in [5, 5.41) is 26.4. The lowest BCUT2D eigenvalue weighted by molar-refractivity contribution is 0.186. The summed E-state index contributed by atoms with van der Waals surface area (Å²) in [5.41, 5.74) is 1.24. The number of hydrogen-bond donors (Lipinski definition) is 3. The quantitative estimate of drug-likeness (QED) is 0.649.